The van der Waals surface area contributed by atoms with E-state index in [9.17, 15) is 4.39 Å². The van der Waals surface area contributed by atoms with Crippen LogP contribution in [0.1, 0.15) is 22.7 Å². The Morgan fingerprint density at radius 1 is 1.21 bits per heavy atom. The van der Waals surface area contributed by atoms with Gasteiger partial charge in [-0.2, -0.15) is 0 Å². The first-order chi connectivity index (χ1) is 9.10. The lowest BCUT2D eigenvalue weighted by Crippen LogP contribution is -2.29. The number of hydrazine groups is 1. The molecule has 0 aliphatic carbocycles. The smallest absolute Gasteiger partial charge is 0.142 e. The van der Waals surface area contributed by atoms with E-state index >= 15 is 0 Å². The van der Waals surface area contributed by atoms with Crippen molar-refractivity contribution in [2.75, 3.05) is 0 Å². The number of benzene rings is 2. The first-order valence-corrected chi connectivity index (χ1v) is 6.44. The molecule has 0 bridgehead atoms. The van der Waals surface area contributed by atoms with Crippen LogP contribution in [0, 0.1) is 12.7 Å². The second-order valence-corrected chi connectivity index (χ2v) is 4.99. The maximum atomic E-state index is 13.5. The highest BCUT2D eigenvalue weighted by Crippen LogP contribution is 2.22. The summed E-state index contributed by atoms with van der Waals surface area (Å²) in [6, 6.07) is 12.8. The van der Waals surface area contributed by atoms with E-state index in [0.29, 0.717) is 6.42 Å². The van der Waals surface area contributed by atoms with Crippen molar-refractivity contribution < 1.29 is 4.39 Å². The standard InChI is InChI=1S/C15H16ClFN2/c1-10-2-4-11(5-3-10)8-15(19-18)12-6-7-13(16)14(17)9-12/h2-7,9,15,19H,8,18H2,1H3. The number of hydrogen-bond acceptors (Lipinski definition) is 2. The molecule has 0 amide bonds. The molecule has 0 aromatic heterocycles. The second kappa shape index (κ2) is 6.15. The van der Waals surface area contributed by atoms with E-state index in [1.165, 1.54) is 11.6 Å². The van der Waals surface area contributed by atoms with Crippen LogP contribution in [0.4, 0.5) is 4.39 Å². The van der Waals surface area contributed by atoms with E-state index in [1.54, 1.807) is 12.1 Å². The summed E-state index contributed by atoms with van der Waals surface area (Å²) in [7, 11) is 0. The van der Waals surface area contributed by atoms with Crippen LogP contribution in [0.3, 0.4) is 0 Å². The van der Waals surface area contributed by atoms with Crippen LogP contribution in [0.15, 0.2) is 42.5 Å². The molecule has 0 spiro atoms. The Morgan fingerprint density at radius 3 is 2.47 bits per heavy atom. The SMILES string of the molecule is Cc1ccc(CC(NN)c2ccc(Cl)c(F)c2)cc1. The second-order valence-electron chi connectivity index (χ2n) is 4.58. The van der Waals surface area contributed by atoms with Crippen LogP contribution < -0.4 is 11.3 Å². The Morgan fingerprint density at radius 2 is 1.89 bits per heavy atom. The largest absolute Gasteiger partial charge is 0.271 e. The third-order valence-corrected chi connectivity index (χ3v) is 3.41. The Labute approximate surface area is 117 Å². The summed E-state index contributed by atoms with van der Waals surface area (Å²) in [5.41, 5.74) is 5.85. The average Bonchev–Trinajstić information content (AvgIpc) is 2.41. The summed E-state index contributed by atoms with van der Waals surface area (Å²) in [6.45, 7) is 2.04. The number of nitrogens with two attached hydrogens (primary N) is 1. The summed E-state index contributed by atoms with van der Waals surface area (Å²) in [5.74, 6) is 5.14. The van der Waals surface area contributed by atoms with E-state index in [4.69, 9.17) is 17.4 Å². The highest BCUT2D eigenvalue weighted by Gasteiger charge is 2.12. The van der Waals surface area contributed by atoms with Crippen LogP contribution in [0.2, 0.25) is 5.02 Å². The summed E-state index contributed by atoms with van der Waals surface area (Å²) < 4.78 is 13.5. The maximum absolute atomic E-state index is 13.5. The molecule has 100 valence electrons. The van der Waals surface area contributed by atoms with Crippen LogP contribution >= 0.6 is 11.6 Å². The first kappa shape index (κ1) is 14.0. The molecule has 0 saturated heterocycles. The fourth-order valence-corrected chi connectivity index (χ4v) is 2.08. The minimum absolute atomic E-state index is 0.120. The van der Waals surface area contributed by atoms with Crippen molar-refractivity contribution >= 4 is 11.6 Å². The van der Waals surface area contributed by atoms with E-state index in [0.717, 1.165) is 11.1 Å². The third-order valence-electron chi connectivity index (χ3n) is 3.11. The monoisotopic (exact) mass is 278 g/mol. The van der Waals surface area contributed by atoms with Gasteiger partial charge in [-0.1, -0.05) is 47.5 Å². The fourth-order valence-electron chi connectivity index (χ4n) is 1.96. The van der Waals surface area contributed by atoms with Gasteiger partial charge in [-0.05, 0) is 36.6 Å². The quantitative estimate of drug-likeness (QED) is 0.663. The zero-order chi connectivity index (χ0) is 13.8. The molecule has 1 atom stereocenters. The highest BCUT2D eigenvalue weighted by molar-refractivity contribution is 6.30. The predicted molar refractivity (Wildman–Crippen MR) is 76.4 cm³/mol. The summed E-state index contributed by atoms with van der Waals surface area (Å²) >= 11 is 5.68. The van der Waals surface area contributed by atoms with Crippen molar-refractivity contribution in [1.82, 2.24) is 5.43 Å². The molecule has 1 unspecified atom stereocenters. The van der Waals surface area contributed by atoms with Gasteiger partial charge < -0.3 is 0 Å². The Balaban J connectivity index is 2.19. The fraction of sp³-hybridized carbons (Fsp3) is 0.200. The van der Waals surface area contributed by atoms with Gasteiger partial charge in [0.2, 0.25) is 0 Å². The van der Waals surface area contributed by atoms with Crippen LogP contribution in [-0.2, 0) is 6.42 Å². The molecule has 2 aromatic rings. The maximum Gasteiger partial charge on any atom is 0.142 e. The van der Waals surface area contributed by atoms with Crippen molar-refractivity contribution in [3.8, 4) is 0 Å². The Hall–Kier alpha value is -1.42. The van der Waals surface area contributed by atoms with Gasteiger partial charge in [0.1, 0.15) is 5.82 Å². The molecule has 0 aliphatic rings. The van der Waals surface area contributed by atoms with E-state index in [1.807, 2.05) is 31.2 Å². The number of aryl methyl sites for hydroxylation is 1. The highest BCUT2D eigenvalue weighted by atomic mass is 35.5. The van der Waals surface area contributed by atoms with Gasteiger partial charge in [0, 0.05) is 0 Å². The van der Waals surface area contributed by atoms with Crippen LogP contribution in [0.25, 0.3) is 0 Å². The molecule has 2 aromatic carbocycles. The van der Waals surface area contributed by atoms with E-state index in [2.05, 4.69) is 5.43 Å². The van der Waals surface area contributed by atoms with Crippen molar-refractivity contribution in [3.63, 3.8) is 0 Å². The molecule has 0 heterocycles. The number of rotatable bonds is 4. The predicted octanol–water partition coefficient (Wildman–Crippen LogP) is 3.53. The molecule has 0 fully saturated rings. The zero-order valence-electron chi connectivity index (χ0n) is 10.7. The summed E-state index contributed by atoms with van der Waals surface area (Å²) in [5, 5.41) is 0.120. The molecule has 0 saturated carbocycles. The molecule has 0 radical (unpaired) electrons. The van der Waals surface area contributed by atoms with Gasteiger partial charge in [-0.3, -0.25) is 11.3 Å². The van der Waals surface area contributed by atoms with E-state index < -0.39 is 5.82 Å². The van der Waals surface area contributed by atoms with Crippen LogP contribution in [-0.4, -0.2) is 0 Å². The van der Waals surface area contributed by atoms with Crippen molar-refractivity contribution in [1.29, 1.82) is 0 Å². The van der Waals surface area contributed by atoms with Crippen molar-refractivity contribution in [2.24, 2.45) is 5.84 Å². The summed E-state index contributed by atoms with van der Waals surface area (Å²) in [4.78, 5) is 0. The van der Waals surface area contributed by atoms with Gasteiger partial charge in [-0.25, -0.2) is 4.39 Å². The van der Waals surface area contributed by atoms with Gasteiger partial charge >= 0.3 is 0 Å². The minimum Gasteiger partial charge on any atom is -0.271 e. The lowest BCUT2D eigenvalue weighted by Gasteiger charge is -2.17. The topological polar surface area (TPSA) is 38.0 Å². The van der Waals surface area contributed by atoms with Gasteiger partial charge in [-0.15, -0.1) is 0 Å². The number of hydrogen-bond donors (Lipinski definition) is 2. The molecule has 2 rings (SSSR count). The van der Waals surface area contributed by atoms with Gasteiger partial charge in [0.05, 0.1) is 11.1 Å². The van der Waals surface area contributed by atoms with E-state index in [-0.39, 0.29) is 11.1 Å². The molecular formula is C15H16ClFN2. The van der Waals surface area contributed by atoms with Gasteiger partial charge in [0.25, 0.3) is 0 Å². The molecular weight excluding hydrogens is 263 g/mol. The molecule has 19 heavy (non-hydrogen) atoms. The lowest BCUT2D eigenvalue weighted by atomic mass is 9.99. The zero-order valence-corrected chi connectivity index (χ0v) is 11.4. The third kappa shape index (κ3) is 3.53. The molecule has 2 nitrogen and oxygen atoms in total. The summed E-state index contributed by atoms with van der Waals surface area (Å²) in [6.07, 6.45) is 0.692. The molecule has 3 N–H and O–H groups in total. The molecule has 0 aliphatic heterocycles. The van der Waals surface area contributed by atoms with Crippen molar-refractivity contribution in [2.45, 2.75) is 19.4 Å². The lowest BCUT2D eigenvalue weighted by molar-refractivity contribution is 0.544. The van der Waals surface area contributed by atoms with Crippen LogP contribution in [0.5, 0.6) is 0 Å². The Kier molecular flexibility index (Phi) is 4.53. The van der Waals surface area contributed by atoms with Gasteiger partial charge in [0.15, 0.2) is 0 Å². The number of nitrogens with one attached hydrogen (secondary N) is 1. The van der Waals surface area contributed by atoms with Crippen molar-refractivity contribution in [3.05, 3.63) is 70.0 Å². The molecule has 4 heteroatoms. The normalized spacial score (nSPS) is 12.4. The first-order valence-electron chi connectivity index (χ1n) is 6.07. The number of halogens is 2. The minimum atomic E-state index is -0.427. The Bertz CT molecular complexity index is 555. The average molecular weight is 279 g/mol.